The topological polar surface area (TPSA) is 49.3 Å². The minimum absolute atomic E-state index is 0.551. The predicted molar refractivity (Wildman–Crippen MR) is 76.4 cm³/mol. The molecule has 1 aromatic rings. The van der Waals surface area contributed by atoms with Gasteiger partial charge in [-0.2, -0.15) is 0 Å². The van der Waals surface area contributed by atoms with Crippen LogP contribution in [0.15, 0.2) is 27.1 Å². The smallest absolute Gasteiger partial charge is 0.326 e. The van der Waals surface area contributed by atoms with Crippen molar-refractivity contribution in [3.05, 3.63) is 27.1 Å². The van der Waals surface area contributed by atoms with Crippen molar-refractivity contribution in [2.24, 2.45) is 0 Å². The number of carboxylic acid groups (broad SMARTS) is 1. The summed E-state index contributed by atoms with van der Waals surface area (Å²) in [4.78, 5) is 11.1. The van der Waals surface area contributed by atoms with Gasteiger partial charge in [-0.15, -0.1) is 0 Å². The predicted octanol–water partition coefficient (Wildman–Crippen LogP) is 4.27. The van der Waals surface area contributed by atoms with Crippen LogP contribution in [0.5, 0.6) is 0 Å². The zero-order valence-electron chi connectivity index (χ0n) is 9.54. The lowest BCUT2D eigenvalue weighted by Crippen LogP contribution is -2.29. The van der Waals surface area contributed by atoms with E-state index in [0.717, 1.165) is 27.5 Å². The zero-order chi connectivity index (χ0) is 12.8. The minimum Gasteiger partial charge on any atom is -0.480 e. The van der Waals surface area contributed by atoms with Crippen molar-refractivity contribution in [2.45, 2.75) is 32.2 Å². The number of halogens is 2. The molecular weight excluding hydrogens is 350 g/mol. The summed E-state index contributed by atoms with van der Waals surface area (Å²) < 4.78 is 1.71. The molecule has 0 radical (unpaired) electrons. The lowest BCUT2D eigenvalue weighted by molar-refractivity contribution is -0.138. The molecule has 0 heterocycles. The summed E-state index contributed by atoms with van der Waals surface area (Å²) in [5.41, 5.74) is 0.788. The second-order valence-electron chi connectivity index (χ2n) is 3.77. The third kappa shape index (κ3) is 4.32. The lowest BCUT2D eigenvalue weighted by Gasteiger charge is -2.17. The van der Waals surface area contributed by atoms with Gasteiger partial charge in [0.2, 0.25) is 0 Å². The molecule has 0 aliphatic heterocycles. The molecule has 0 spiro atoms. The number of hydrogen-bond acceptors (Lipinski definition) is 2. The molecule has 94 valence electrons. The van der Waals surface area contributed by atoms with Crippen molar-refractivity contribution < 1.29 is 9.90 Å². The molecule has 17 heavy (non-hydrogen) atoms. The summed E-state index contributed by atoms with van der Waals surface area (Å²) in [6.45, 7) is 2.05. The SMILES string of the molecule is CCCCC(Nc1c(Br)cccc1Br)C(=O)O. The largest absolute Gasteiger partial charge is 0.480 e. The second-order valence-corrected chi connectivity index (χ2v) is 5.48. The average Bonchev–Trinajstić information content (AvgIpc) is 2.27. The Morgan fingerprint density at radius 3 is 2.47 bits per heavy atom. The van der Waals surface area contributed by atoms with Crippen LogP contribution in [-0.4, -0.2) is 17.1 Å². The van der Waals surface area contributed by atoms with E-state index in [1.165, 1.54) is 0 Å². The first-order valence-electron chi connectivity index (χ1n) is 5.49. The fourth-order valence-corrected chi connectivity index (χ4v) is 2.70. The van der Waals surface area contributed by atoms with Crippen molar-refractivity contribution in [1.82, 2.24) is 0 Å². The van der Waals surface area contributed by atoms with Crippen molar-refractivity contribution in [3.63, 3.8) is 0 Å². The van der Waals surface area contributed by atoms with Crippen LogP contribution in [0.2, 0.25) is 0 Å². The van der Waals surface area contributed by atoms with E-state index in [2.05, 4.69) is 37.2 Å². The number of carbonyl (C=O) groups is 1. The Morgan fingerprint density at radius 2 is 2.00 bits per heavy atom. The molecule has 0 aliphatic rings. The van der Waals surface area contributed by atoms with Gasteiger partial charge in [0.1, 0.15) is 6.04 Å². The zero-order valence-corrected chi connectivity index (χ0v) is 12.7. The number of rotatable bonds is 6. The summed E-state index contributed by atoms with van der Waals surface area (Å²) >= 11 is 6.81. The molecule has 5 heteroatoms. The van der Waals surface area contributed by atoms with E-state index in [-0.39, 0.29) is 0 Å². The lowest BCUT2D eigenvalue weighted by atomic mass is 10.1. The first-order chi connectivity index (χ1) is 8.06. The number of carboxylic acids is 1. The van der Waals surface area contributed by atoms with Gasteiger partial charge in [0.25, 0.3) is 0 Å². The van der Waals surface area contributed by atoms with Crippen molar-refractivity contribution >= 4 is 43.5 Å². The molecule has 0 saturated heterocycles. The molecular formula is C12H15Br2NO2. The molecule has 0 saturated carbocycles. The Balaban J connectivity index is 2.82. The highest BCUT2D eigenvalue weighted by Gasteiger charge is 2.18. The highest BCUT2D eigenvalue weighted by Crippen LogP contribution is 2.31. The first kappa shape index (κ1) is 14.5. The molecule has 1 unspecified atom stereocenters. The fraction of sp³-hybridized carbons (Fsp3) is 0.417. The molecule has 0 fully saturated rings. The van der Waals surface area contributed by atoms with Gasteiger partial charge in [-0.25, -0.2) is 4.79 Å². The maximum atomic E-state index is 11.1. The molecule has 0 amide bonds. The summed E-state index contributed by atoms with van der Waals surface area (Å²) in [5, 5.41) is 12.2. The highest BCUT2D eigenvalue weighted by atomic mass is 79.9. The second kappa shape index (κ2) is 7.01. The third-order valence-electron chi connectivity index (χ3n) is 2.43. The van der Waals surface area contributed by atoms with E-state index < -0.39 is 12.0 Å². The number of aliphatic carboxylic acids is 1. The number of unbranched alkanes of at least 4 members (excludes halogenated alkanes) is 1. The van der Waals surface area contributed by atoms with Gasteiger partial charge in [-0.1, -0.05) is 25.8 Å². The number of benzene rings is 1. The first-order valence-corrected chi connectivity index (χ1v) is 7.08. The van der Waals surface area contributed by atoms with Crippen LogP contribution in [0, 0.1) is 0 Å². The standard InChI is InChI=1S/C12H15Br2NO2/c1-2-3-7-10(12(16)17)15-11-8(13)5-4-6-9(11)14/h4-6,10,15H,2-3,7H2,1H3,(H,16,17). The molecule has 1 rings (SSSR count). The van der Waals surface area contributed by atoms with Crippen LogP contribution in [0.4, 0.5) is 5.69 Å². The Hall–Kier alpha value is -0.550. The Bertz CT molecular complexity index is 376. The third-order valence-corrected chi connectivity index (χ3v) is 3.75. The van der Waals surface area contributed by atoms with E-state index in [1.54, 1.807) is 0 Å². The maximum absolute atomic E-state index is 11.1. The quantitative estimate of drug-likeness (QED) is 0.792. The van der Waals surface area contributed by atoms with Crippen LogP contribution in [0.25, 0.3) is 0 Å². The van der Waals surface area contributed by atoms with E-state index in [9.17, 15) is 4.79 Å². The van der Waals surface area contributed by atoms with Crippen LogP contribution < -0.4 is 5.32 Å². The molecule has 1 atom stereocenters. The number of anilines is 1. The Morgan fingerprint density at radius 1 is 1.41 bits per heavy atom. The van der Waals surface area contributed by atoms with E-state index in [4.69, 9.17) is 5.11 Å². The van der Waals surface area contributed by atoms with E-state index >= 15 is 0 Å². The van der Waals surface area contributed by atoms with Crippen LogP contribution in [0.3, 0.4) is 0 Å². The minimum atomic E-state index is -0.818. The van der Waals surface area contributed by atoms with Gasteiger partial charge in [-0.3, -0.25) is 0 Å². The van der Waals surface area contributed by atoms with Crippen molar-refractivity contribution in [1.29, 1.82) is 0 Å². The average molecular weight is 365 g/mol. The van der Waals surface area contributed by atoms with E-state index in [0.29, 0.717) is 6.42 Å². The van der Waals surface area contributed by atoms with Gasteiger partial charge in [0.15, 0.2) is 0 Å². The molecule has 2 N–H and O–H groups in total. The van der Waals surface area contributed by atoms with Gasteiger partial charge >= 0.3 is 5.97 Å². The number of para-hydroxylation sites is 1. The summed E-state index contributed by atoms with van der Waals surface area (Å²) in [6.07, 6.45) is 2.51. The normalized spacial score (nSPS) is 12.2. The molecule has 0 bridgehead atoms. The van der Waals surface area contributed by atoms with Gasteiger partial charge in [0.05, 0.1) is 5.69 Å². The summed E-state index contributed by atoms with van der Waals surface area (Å²) in [7, 11) is 0. The number of hydrogen-bond donors (Lipinski definition) is 2. The van der Waals surface area contributed by atoms with Crippen LogP contribution in [-0.2, 0) is 4.79 Å². The molecule has 1 aromatic carbocycles. The number of nitrogens with one attached hydrogen (secondary N) is 1. The Labute approximate surface area is 118 Å². The molecule has 0 aliphatic carbocycles. The van der Waals surface area contributed by atoms with Crippen molar-refractivity contribution in [3.8, 4) is 0 Å². The van der Waals surface area contributed by atoms with Gasteiger partial charge in [-0.05, 0) is 50.4 Å². The van der Waals surface area contributed by atoms with Gasteiger partial charge < -0.3 is 10.4 Å². The maximum Gasteiger partial charge on any atom is 0.326 e. The monoisotopic (exact) mass is 363 g/mol. The molecule has 3 nitrogen and oxygen atoms in total. The van der Waals surface area contributed by atoms with Gasteiger partial charge in [0, 0.05) is 8.95 Å². The highest BCUT2D eigenvalue weighted by molar-refractivity contribution is 9.11. The molecule has 0 aromatic heterocycles. The Kier molecular flexibility index (Phi) is 5.98. The summed E-state index contributed by atoms with van der Waals surface area (Å²) in [5.74, 6) is -0.818. The van der Waals surface area contributed by atoms with Crippen LogP contribution >= 0.6 is 31.9 Å². The van der Waals surface area contributed by atoms with Crippen LogP contribution in [0.1, 0.15) is 26.2 Å². The van der Waals surface area contributed by atoms with Crippen molar-refractivity contribution in [2.75, 3.05) is 5.32 Å². The fourth-order valence-electron chi connectivity index (χ4n) is 1.48. The summed E-state index contributed by atoms with van der Waals surface area (Å²) in [6, 6.07) is 5.10. The van der Waals surface area contributed by atoms with E-state index in [1.807, 2.05) is 25.1 Å².